The molecule has 2 rings (SSSR count). The first-order valence-electron chi connectivity index (χ1n) is 9.62. The van der Waals surface area contributed by atoms with Gasteiger partial charge in [-0.25, -0.2) is 9.59 Å². The fraction of sp³-hybridized carbons (Fsp3) is 0.318. The van der Waals surface area contributed by atoms with E-state index in [1.807, 2.05) is 37.2 Å². The molecule has 0 unspecified atom stereocenters. The Balaban J connectivity index is 1.85. The highest BCUT2D eigenvalue weighted by Gasteiger charge is 2.26. The topological polar surface area (TPSA) is 99.8 Å². The normalized spacial score (nSPS) is 11.4. The number of amides is 3. The van der Waals surface area contributed by atoms with Crippen LogP contribution in [-0.4, -0.2) is 44.7 Å². The van der Waals surface area contributed by atoms with Gasteiger partial charge in [0.2, 0.25) is 0 Å². The lowest BCUT2D eigenvalue weighted by Crippen LogP contribution is -2.47. The van der Waals surface area contributed by atoms with Crippen LogP contribution in [0.2, 0.25) is 0 Å². The molecule has 0 aliphatic heterocycles. The predicted octanol–water partition coefficient (Wildman–Crippen LogP) is 3.08. The Morgan fingerprint density at radius 1 is 0.900 bits per heavy atom. The van der Waals surface area contributed by atoms with Gasteiger partial charge in [0.05, 0.1) is 0 Å². The number of nitrogens with zero attached hydrogens (tertiary/aromatic N) is 1. The molecular weight excluding hydrogens is 384 g/mol. The molecule has 8 nitrogen and oxygen atoms in total. The number of para-hydroxylation sites is 1. The van der Waals surface area contributed by atoms with E-state index in [1.165, 1.54) is 0 Å². The van der Waals surface area contributed by atoms with Gasteiger partial charge in [0.25, 0.3) is 5.91 Å². The van der Waals surface area contributed by atoms with Crippen molar-refractivity contribution in [1.29, 1.82) is 0 Å². The number of urea groups is 1. The molecule has 0 saturated carbocycles. The smallest absolute Gasteiger partial charge is 0.329 e. The van der Waals surface area contributed by atoms with E-state index in [-0.39, 0.29) is 5.92 Å². The molecule has 3 N–H and O–H groups in total. The number of hydrogen-bond acceptors (Lipinski definition) is 5. The van der Waals surface area contributed by atoms with Gasteiger partial charge in [-0.3, -0.25) is 4.79 Å². The Morgan fingerprint density at radius 2 is 1.50 bits per heavy atom. The molecule has 1 atom stereocenters. The second-order valence-electron chi connectivity index (χ2n) is 7.28. The monoisotopic (exact) mass is 412 g/mol. The molecule has 8 heteroatoms. The SMILES string of the molecule is CC(C)[C@@H](NC(=O)Nc1ccccc1)C(=O)OCC(=O)Nc1ccc(N(C)C)cc1. The summed E-state index contributed by atoms with van der Waals surface area (Å²) in [6, 6.07) is 14.7. The number of anilines is 3. The van der Waals surface area contributed by atoms with E-state index >= 15 is 0 Å². The van der Waals surface area contributed by atoms with Gasteiger partial charge < -0.3 is 25.6 Å². The van der Waals surface area contributed by atoms with Crippen molar-refractivity contribution in [3.05, 3.63) is 54.6 Å². The second-order valence-corrected chi connectivity index (χ2v) is 7.28. The van der Waals surface area contributed by atoms with Crippen LogP contribution < -0.4 is 20.9 Å². The number of ether oxygens (including phenoxy) is 1. The molecule has 0 aliphatic carbocycles. The van der Waals surface area contributed by atoms with E-state index in [9.17, 15) is 14.4 Å². The lowest BCUT2D eigenvalue weighted by Gasteiger charge is -2.21. The highest BCUT2D eigenvalue weighted by Crippen LogP contribution is 2.15. The largest absolute Gasteiger partial charge is 0.454 e. The van der Waals surface area contributed by atoms with Gasteiger partial charge in [0, 0.05) is 31.2 Å². The van der Waals surface area contributed by atoms with Crippen LogP contribution in [0.25, 0.3) is 0 Å². The van der Waals surface area contributed by atoms with Crippen LogP contribution in [0.5, 0.6) is 0 Å². The highest BCUT2D eigenvalue weighted by atomic mass is 16.5. The maximum Gasteiger partial charge on any atom is 0.329 e. The van der Waals surface area contributed by atoms with Crippen LogP contribution in [-0.2, 0) is 14.3 Å². The van der Waals surface area contributed by atoms with Crippen molar-refractivity contribution in [3.63, 3.8) is 0 Å². The number of esters is 1. The van der Waals surface area contributed by atoms with Gasteiger partial charge in [0.1, 0.15) is 6.04 Å². The van der Waals surface area contributed by atoms with Crippen molar-refractivity contribution in [1.82, 2.24) is 5.32 Å². The third-order valence-corrected chi connectivity index (χ3v) is 4.25. The summed E-state index contributed by atoms with van der Waals surface area (Å²) in [4.78, 5) is 38.6. The van der Waals surface area contributed by atoms with Crippen molar-refractivity contribution < 1.29 is 19.1 Å². The Labute approximate surface area is 176 Å². The second kappa shape index (κ2) is 10.8. The molecule has 2 aromatic rings. The van der Waals surface area contributed by atoms with Crippen LogP contribution in [0.4, 0.5) is 21.9 Å². The van der Waals surface area contributed by atoms with E-state index in [0.717, 1.165) is 5.69 Å². The molecule has 3 amide bonds. The molecule has 0 aliphatic rings. The maximum absolute atomic E-state index is 12.4. The molecule has 0 spiro atoms. The minimum Gasteiger partial charge on any atom is -0.454 e. The molecule has 0 heterocycles. The molecule has 2 aromatic carbocycles. The van der Waals surface area contributed by atoms with E-state index in [0.29, 0.717) is 11.4 Å². The van der Waals surface area contributed by atoms with E-state index in [2.05, 4.69) is 16.0 Å². The summed E-state index contributed by atoms with van der Waals surface area (Å²) in [7, 11) is 3.85. The number of carbonyl (C=O) groups is 3. The standard InChI is InChI=1S/C22H28N4O4/c1-15(2)20(25-22(29)24-16-8-6-5-7-9-16)21(28)30-14-19(27)23-17-10-12-18(13-11-17)26(3)4/h5-13,15,20H,14H2,1-4H3,(H,23,27)(H2,24,25,29)/t20-/m1/s1. The Bertz CT molecular complexity index is 851. The fourth-order valence-electron chi connectivity index (χ4n) is 2.59. The molecule has 30 heavy (non-hydrogen) atoms. The fourth-order valence-corrected chi connectivity index (χ4v) is 2.59. The zero-order chi connectivity index (χ0) is 22.1. The van der Waals surface area contributed by atoms with Gasteiger partial charge in [-0.05, 0) is 42.3 Å². The van der Waals surface area contributed by atoms with E-state index in [4.69, 9.17) is 4.74 Å². The lowest BCUT2D eigenvalue weighted by molar-refractivity contribution is -0.150. The molecule has 0 saturated heterocycles. The predicted molar refractivity (Wildman–Crippen MR) is 118 cm³/mol. The lowest BCUT2D eigenvalue weighted by atomic mass is 10.1. The molecule has 0 fully saturated rings. The molecular formula is C22H28N4O4. The van der Waals surface area contributed by atoms with Crippen LogP contribution >= 0.6 is 0 Å². The van der Waals surface area contributed by atoms with Crippen LogP contribution in [0.3, 0.4) is 0 Å². The first-order chi connectivity index (χ1) is 14.3. The highest BCUT2D eigenvalue weighted by molar-refractivity contribution is 5.95. The van der Waals surface area contributed by atoms with Gasteiger partial charge in [-0.1, -0.05) is 32.0 Å². The van der Waals surface area contributed by atoms with Gasteiger partial charge in [-0.2, -0.15) is 0 Å². The minimum atomic E-state index is -0.888. The Kier molecular flexibility index (Phi) is 8.22. The minimum absolute atomic E-state index is 0.222. The summed E-state index contributed by atoms with van der Waals surface area (Å²) in [6.07, 6.45) is 0. The number of rotatable bonds is 8. The summed E-state index contributed by atoms with van der Waals surface area (Å²) < 4.78 is 5.11. The van der Waals surface area contributed by atoms with E-state index in [1.54, 1.807) is 50.2 Å². The Hall–Kier alpha value is -3.55. The number of benzene rings is 2. The van der Waals surface area contributed by atoms with Crippen LogP contribution in [0.15, 0.2) is 54.6 Å². The zero-order valence-electron chi connectivity index (χ0n) is 17.6. The summed E-state index contributed by atoms with van der Waals surface area (Å²) in [5, 5.41) is 7.92. The molecule has 160 valence electrons. The van der Waals surface area contributed by atoms with Crippen LogP contribution in [0, 0.1) is 5.92 Å². The van der Waals surface area contributed by atoms with Crippen molar-refractivity contribution in [2.24, 2.45) is 5.92 Å². The zero-order valence-corrected chi connectivity index (χ0v) is 17.6. The number of hydrogen-bond donors (Lipinski definition) is 3. The quantitative estimate of drug-likeness (QED) is 0.579. The molecule has 0 aromatic heterocycles. The molecule has 0 radical (unpaired) electrons. The first-order valence-corrected chi connectivity index (χ1v) is 9.62. The maximum atomic E-state index is 12.4. The third kappa shape index (κ3) is 7.12. The van der Waals surface area contributed by atoms with Crippen molar-refractivity contribution in [2.75, 3.05) is 36.2 Å². The molecule has 0 bridgehead atoms. The van der Waals surface area contributed by atoms with Crippen molar-refractivity contribution in [2.45, 2.75) is 19.9 Å². The summed E-state index contributed by atoms with van der Waals surface area (Å²) in [5.41, 5.74) is 2.20. The average Bonchev–Trinajstić information content (AvgIpc) is 2.71. The number of carbonyl (C=O) groups excluding carboxylic acids is 3. The first kappa shape index (κ1) is 22.7. The Morgan fingerprint density at radius 3 is 2.07 bits per heavy atom. The van der Waals surface area contributed by atoms with E-state index < -0.39 is 30.6 Å². The van der Waals surface area contributed by atoms with Crippen molar-refractivity contribution >= 4 is 35.0 Å². The summed E-state index contributed by atoms with van der Waals surface area (Å²) >= 11 is 0. The van der Waals surface area contributed by atoms with Crippen LogP contribution in [0.1, 0.15) is 13.8 Å². The van der Waals surface area contributed by atoms with Gasteiger partial charge >= 0.3 is 12.0 Å². The van der Waals surface area contributed by atoms with Crippen molar-refractivity contribution in [3.8, 4) is 0 Å². The van der Waals surface area contributed by atoms with Gasteiger partial charge in [0.15, 0.2) is 6.61 Å². The van der Waals surface area contributed by atoms with Gasteiger partial charge in [-0.15, -0.1) is 0 Å². The summed E-state index contributed by atoms with van der Waals surface area (Å²) in [5.74, 6) is -1.36. The number of nitrogens with one attached hydrogen (secondary N) is 3. The summed E-state index contributed by atoms with van der Waals surface area (Å²) in [6.45, 7) is 3.11. The average molecular weight is 412 g/mol. The third-order valence-electron chi connectivity index (χ3n) is 4.25.